The second-order valence-electron chi connectivity index (χ2n) is 15.9. The molecular formula is C48H62N8O3S. The van der Waals surface area contributed by atoms with E-state index in [1.807, 2.05) is 36.4 Å². The summed E-state index contributed by atoms with van der Waals surface area (Å²) in [6, 6.07) is 20.8. The third kappa shape index (κ3) is 10.5. The molecule has 0 radical (unpaired) electrons. The lowest BCUT2D eigenvalue weighted by Gasteiger charge is -2.35. The molecule has 12 heteroatoms. The highest BCUT2D eigenvalue weighted by Gasteiger charge is 2.30. The third-order valence-electron chi connectivity index (χ3n) is 12.1. The molecule has 0 unspecified atom stereocenters. The maximum absolute atomic E-state index is 13.0. The molecule has 0 aromatic heterocycles. The van der Waals surface area contributed by atoms with Crippen LogP contribution < -0.4 is 25.2 Å². The number of ether oxygens (including phenoxy) is 1. The number of aliphatic carboxylic acids is 1. The summed E-state index contributed by atoms with van der Waals surface area (Å²) >= 11 is 5.70. The van der Waals surface area contributed by atoms with Crippen molar-refractivity contribution in [3.63, 3.8) is 0 Å². The first-order valence-electron chi connectivity index (χ1n) is 22.0. The minimum atomic E-state index is -1.04. The summed E-state index contributed by atoms with van der Waals surface area (Å²) in [5.41, 5.74) is 7.90. The maximum Gasteiger partial charge on any atom is 0.336 e. The number of hydrogen-bond donors (Lipinski definition) is 3. The molecule has 4 heterocycles. The predicted octanol–water partition coefficient (Wildman–Crippen LogP) is 7.51. The fraction of sp³-hybridized carbons (Fsp3) is 0.438. The Morgan fingerprint density at radius 2 is 1.37 bits per heavy atom. The Morgan fingerprint density at radius 1 is 0.767 bits per heavy atom. The first kappa shape index (κ1) is 43.2. The monoisotopic (exact) mass is 830 g/mol. The molecule has 3 aromatic carbocycles. The van der Waals surface area contributed by atoms with Gasteiger partial charge in [0.05, 0.1) is 11.3 Å². The number of carboxylic acid groups (broad SMARTS) is 1. The number of allylic oxidation sites excluding steroid dienone is 3. The normalized spacial score (nSPS) is 20.4. The average Bonchev–Trinajstić information content (AvgIpc) is 3.25. The van der Waals surface area contributed by atoms with Crippen LogP contribution in [0.2, 0.25) is 0 Å². The Hall–Kier alpha value is -4.85. The molecule has 3 fully saturated rings. The maximum atomic E-state index is 13.0. The Kier molecular flexibility index (Phi) is 14.9. The first-order chi connectivity index (χ1) is 29.3. The van der Waals surface area contributed by atoms with Gasteiger partial charge in [-0.1, -0.05) is 18.2 Å². The van der Waals surface area contributed by atoms with Gasteiger partial charge in [-0.05, 0) is 139 Å². The van der Waals surface area contributed by atoms with Crippen LogP contribution in [0.15, 0.2) is 95.0 Å². The van der Waals surface area contributed by atoms with Crippen molar-refractivity contribution in [1.82, 2.24) is 20.0 Å². The molecule has 0 atom stereocenters. The number of nitrogens with zero attached hydrogens (tertiary/aromatic N) is 6. The van der Waals surface area contributed by atoms with Crippen LogP contribution in [0.5, 0.6) is 11.5 Å². The van der Waals surface area contributed by atoms with Crippen molar-refractivity contribution in [3.05, 3.63) is 107 Å². The smallest absolute Gasteiger partial charge is 0.336 e. The molecule has 0 amide bonds. The molecule has 11 nitrogen and oxygen atoms in total. The quantitative estimate of drug-likeness (QED) is 0.139. The first-order valence-corrected chi connectivity index (χ1v) is 22.4. The van der Waals surface area contributed by atoms with E-state index in [-0.39, 0.29) is 10.7 Å². The van der Waals surface area contributed by atoms with Gasteiger partial charge >= 0.3 is 5.97 Å². The van der Waals surface area contributed by atoms with Crippen LogP contribution in [0, 0.1) is 0 Å². The minimum Gasteiger partial charge on any atom is -0.478 e. The van der Waals surface area contributed by atoms with Crippen LogP contribution in [-0.4, -0.2) is 128 Å². The predicted molar refractivity (Wildman–Crippen MR) is 251 cm³/mol. The van der Waals surface area contributed by atoms with Crippen LogP contribution in [0.1, 0.15) is 57.2 Å². The summed E-state index contributed by atoms with van der Waals surface area (Å²) in [6.07, 6.45) is 7.67. The third-order valence-corrected chi connectivity index (χ3v) is 12.3. The molecule has 3 N–H and O–H groups in total. The molecule has 8 rings (SSSR count). The van der Waals surface area contributed by atoms with Crippen molar-refractivity contribution in [3.8, 4) is 11.5 Å². The number of thiocarbonyl (C=S) groups is 1. The highest BCUT2D eigenvalue weighted by atomic mass is 32.1. The van der Waals surface area contributed by atoms with Crippen LogP contribution in [0.4, 0.5) is 17.1 Å². The van der Waals surface area contributed by atoms with Crippen LogP contribution in [-0.2, 0) is 11.3 Å². The number of fused-ring (bicyclic) bond motifs is 13. The molecule has 3 aromatic rings. The average molecular weight is 831 g/mol. The van der Waals surface area contributed by atoms with E-state index in [9.17, 15) is 9.90 Å². The van der Waals surface area contributed by atoms with Gasteiger partial charge in [-0.15, -0.1) is 0 Å². The minimum absolute atomic E-state index is 0.142. The summed E-state index contributed by atoms with van der Waals surface area (Å²) in [5, 5.41) is 17.8. The Balaban J connectivity index is 1.08. The molecule has 318 valence electrons. The van der Waals surface area contributed by atoms with Crippen molar-refractivity contribution >= 4 is 51.6 Å². The Bertz CT molecular complexity index is 2050. The van der Waals surface area contributed by atoms with Gasteiger partial charge in [0.2, 0.25) is 0 Å². The van der Waals surface area contributed by atoms with E-state index in [1.54, 1.807) is 6.08 Å². The van der Waals surface area contributed by atoms with Gasteiger partial charge in [0.25, 0.3) is 0 Å². The lowest BCUT2D eigenvalue weighted by molar-refractivity contribution is -0.132. The Morgan fingerprint density at radius 3 is 1.95 bits per heavy atom. The van der Waals surface area contributed by atoms with Crippen LogP contribution in [0.25, 0.3) is 5.57 Å². The van der Waals surface area contributed by atoms with Crippen molar-refractivity contribution < 1.29 is 14.6 Å². The largest absolute Gasteiger partial charge is 0.478 e. The van der Waals surface area contributed by atoms with Gasteiger partial charge in [-0.2, -0.15) is 0 Å². The van der Waals surface area contributed by atoms with E-state index < -0.39 is 5.97 Å². The molecule has 2 bridgehead atoms. The van der Waals surface area contributed by atoms with E-state index in [2.05, 4.69) is 104 Å². The molecule has 0 saturated carbocycles. The lowest BCUT2D eigenvalue weighted by atomic mass is 9.84. The Labute approximate surface area is 362 Å². The van der Waals surface area contributed by atoms with Crippen molar-refractivity contribution in [2.75, 3.05) is 107 Å². The standard InChI is InChI=1S/C48H62N8O3S/c1-5-55(6-2)38-16-19-41-44(32-38)59-45-33-39(56(7-3)8-4)17-20-42(45)46(41)40-18-15-37(31-43(40)47(57)58)51-48(60)50-36-13-11-35(12-14-36)34-54-25-10-24-53-29-27-52(28-30-53)23-9-21-49-22-26-54/h11-20,31-33,49H,5-10,21-30,34H2,1-4H3,(H,50,60)(H,57,58)/b51-37-. The molecule has 1 aliphatic carbocycles. The highest BCUT2D eigenvalue weighted by Crippen LogP contribution is 2.49. The van der Waals surface area contributed by atoms with Crippen molar-refractivity contribution in [2.24, 2.45) is 4.99 Å². The van der Waals surface area contributed by atoms with Gasteiger partial charge < -0.3 is 40.1 Å². The number of carbonyl (C=O) groups is 1. The van der Waals surface area contributed by atoms with E-state index in [4.69, 9.17) is 17.0 Å². The van der Waals surface area contributed by atoms with Crippen LogP contribution in [0.3, 0.4) is 0 Å². The second kappa shape index (κ2) is 20.6. The SMILES string of the molecule is CCN(CC)c1ccc2c(c1)Oc1cc(N(CC)CC)ccc1C2=C1C=C/C(=N/C(=S)Nc2ccc(CN3CCCN4CCN(CCCNCC3)CC4)cc2)C=C1C(=O)O. The van der Waals surface area contributed by atoms with Gasteiger partial charge in [-0.25, -0.2) is 9.79 Å². The second-order valence-corrected chi connectivity index (χ2v) is 16.3. The molecular weight excluding hydrogens is 769 g/mol. The number of piperazine rings is 1. The number of hydrogen-bond acceptors (Lipinski definition) is 9. The van der Waals surface area contributed by atoms with Gasteiger partial charge in [0.15, 0.2) is 5.11 Å². The zero-order valence-electron chi connectivity index (χ0n) is 35.9. The molecule has 5 aliphatic rings. The summed E-state index contributed by atoms with van der Waals surface area (Å²) in [7, 11) is 0. The molecule has 3 saturated heterocycles. The number of aliphatic imine (C=N–C) groups is 1. The van der Waals surface area contributed by atoms with E-state index in [0.717, 1.165) is 99.2 Å². The zero-order chi connectivity index (χ0) is 42.0. The van der Waals surface area contributed by atoms with Crippen molar-refractivity contribution in [1.29, 1.82) is 0 Å². The zero-order valence-corrected chi connectivity index (χ0v) is 36.7. The summed E-state index contributed by atoms with van der Waals surface area (Å²) in [5.74, 6) is 0.356. The number of carboxylic acids is 1. The number of benzene rings is 3. The molecule has 0 spiro atoms. The fourth-order valence-electron chi connectivity index (χ4n) is 8.76. The van der Waals surface area contributed by atoms with Crippen LogP contribution >= 0.6 is 12.2 Å². The van der Waals surface area contributed by atoms with Gasteiger partial charge in [0, 0.05) is 118 Å². The lowest BCUT2D eigenvalue weighted by Crippen LogP contribution is -2.47. The van der Waals surface area contributed by atoms with E-state index in [0.29, 0.717) is 22.8 Å². The fourth-order valence-corrected chi connectivity index (χ4v) is 8.98. The summed E-state index contributed by atoms with van der Waals surface area (Å²) in [6.45, 7) is 24.1. The van der Waals surface area contributed by atoms with Gasteiger partial charge in [0.1, 0.15) is 11.5 Å². The van der Waals surface area contributed by atoms with E-state index in [1.165, 1.54) is 51.1 Å². The molecule has 60 heavy (non-hydrogen) atoms. The van der Waals surface area contributed by atoms with Gasteiger partial charge in [-0.3, -0.25) is 4.90 Å². The summed E-state index contributed by atoms with van der Waals surface area (Å²) < 4.78 is 6.64. The topological polar surface area (TPSA) is 99.2 Å². The number of rotatable bonds is 10. The highest BCUT2D eigenvalue weighted by molar-refractivity contribution is 7.80. The summed E-state index contributed by atoms with van der Waals surface area (Å²) in [4.78, 5) is 30.0. The van der Waals surface area contributed by atoms with E-state index >= 15 is 0 Å². The number of anilines is 3. The number of nitrogens with one attached hydrogen (secondary N) is 2. The van der Waals surface area contributed by atoms with Crippen molar-refractivity contribution in [2.45, 2.75) is 47.1 Å². The molecule has 4 aliphatic heterocycles.